The number of hydrogen-bond acceptors (Lipinski definition) is 4. The van der Waals surface area contributed by atoms with Gasteiger partial charge in [0.05, 0.1) is 17.5 Å². The summed E-state index contributed by atoms with van der Waals surface area (Å²) in [6.45, 7) is 5.10. The second-order valence-corrected chi connectivity index (χ2v) is 8.50. The van der Waals surface area contributed by atoms with Gasteiger partial charge in [-0.25, -0.2) is 0 Å². The summed E-state index contributed by atoms with van der Waals surface area (Å²) in [5.74, 6) is 0.583. The van der Waals surface area contributed by atoms with Crippen molar-refractivity contribution in [3.05, 3.63) is 28.3 Å². The van der Waals surface area contributed by atoms with Crippen molar-refractivity contribution < 1.29 is 19.1 Å². The molecular weight excluding hydrogens is 380 g/mol. The average molecular weight is 407 g/mol. The molecule has 0 radical (unpaired) electrons. The SMILES string of the molecule is COc1cc(C2CCN(C(=O)CC[C@@]3(C)CC(=O)NC3=O)CC2)cc(C)c1Cl. The molecule has 2 aliphatic rings. The fraction of sp³-hybridized carbons (Fsp3) is 0.571. The number of rotatable bonds is 5. The Balaban J connectivity index is 1.55. The Morgan fingerprint density at radius 1 is 1.32 bits per heavy atom. The first-order chi connectivity index (χ1) is 13.2. The van der Waals surface area contributed by atoms with E-state index in [2.05, 4.69) is 11.4 Å². The second kappa shape index (κ2) is 8.11. The zero-order chi connectivity index (χ0) is 20.5. The first-order valence-corrected chi connectivity index (χ1v) is 10.1. The number of benzene rings is 1. The second-order valence-electron chi connectivity index (χ2n) is 8.12. The van der Waals surface area contributed by atoms with Gasteiger partial charge in [-0.2, -0.15) is 0 Å². The van der Waals surface area contributed by atoms with E-state index in [1.165, 1.54) is 5.56 Å². The van der Waals surface area contributed by atoms with Crippen molar-refractivity contribution in [2.24, 2.45) is 5.41 Å². The normalized spacial score (nSPS) is 23.1. The van der Waals surface area contributed by atoms with Crippen molar-refractivity contribution in [2.75, 3.05) is 20.2 Å². The number of ether oxygens (including phenoxy) is 1. The number of hydrogen-bond donors (Lipinski definition) is 1. The van der Waals surface area contributed by atoms with E-state index in [9.17, 15) is 14.4 Å². The van der Waals surface area contributed by atoms with E-state index < -0.39 is 5.41 Å². The van der Waals surface area contributed by atoms with Crippen LogP contribution in [-0.4, -0.2) is 42.8 Å². The number of methoxy groups -OCH3 is 1. The molecule has 0 saturated carbocycles. The third kappa shape index (κ3) is 4.17. The number of carbonyl (C=O) groups is 3. The Bertz CT molecular complexity index is 802. The van der Waals surface area contributed by atoms with Gasteiger partial charge in [0.1, 0.15) is 5.75 Å². The molecule has 1 N–H and O–H groups in total. The average Bonchev–Trinajstić information content (AvgIpc) is 2.94. The standard InChI is InChI=1S/C21H27ClN2O4/c1-13-10-15(11-16(28-3)19(13)22)14-5-8-24(9-6-14)18(26)4-7-21(2)12-17(25)23-20(21)27/h10-11,14H,4-9,12H2,1-3H3,(H,23,25,27)/t21-/m0/s1. The predicted octanol–water partition coefficient (Wildman–Crippen LogP) is 3.20. The fourth-order valence-electron chi connectivity index (χ4n) is 4.11. The Morgan fingerprint density at radius 3 is 2.57 bits per heavy atom. The van der Waals surface area contributed by atoms with Gasteiger partial charge in [0.25, 0.3) is 0 Å². The first-order valence-electron chi connectivity index (χ1n) is 9.69. The smallest absolute Gasteiger partial charge is 0.233 e. The monoisotopic (exact) mass is 406 g/mol. The largest absolute Gasteiger partial charge is 0.495 e. The third-order valence-corrected chi connectivity index (χ3v) is 6.51. The Morgan fingerprint density at radius 2 is 2.00 bits per heavy atom. The summed E-state index contributed by atoms with van der Waals surface area (Å²) in [4.78, 5) is 37.8. The molecule has 0 unspecified atom stereocenters. The lowest BCUT2D eigenvalue weighted by Gasteiger charge is -2.33. The van der Waals surface area contributed by atoms with Crippen LogP contribution in [0.1, 0.15) is 56.1 Å². The number of piperidine rings is 1. The van der Waals surface area contributed by atoms with Crippen LogP contribution in [-0.2, 0) is 14.4 Å². The van der Waals surface area contributed by atoms with E-state index in [1.54, 1.807) is 14.0 Å². The summed E-state index contributed by atoms with van der Waals surface area (Å²) in [6, 6.07) is 4.09. The number of halogens is 1. The Hall–Kier alpha value is -2.08. The van der Waals surface area contributed by atoms with Crippen molar-refractivity contribution in [3.63, 3.8) is 0 Å². The summed E-state index contributed by atoms with van der Waals surface area (Å²) in [6.07, 6.45) is 2.62. The maximum absolute atomic E-state index is 12.6. The maximum atomic E-state index is 12.6. The van der Waals surface area contributed by atoms with Crippen LogP contribution in [0.5, 0.6) is 5.75 Å². The molecule has 0 aromatic heterocycles. The van der Waals surface area contributed by atoms with Crippen molar-refractivity contribution >= 4 is 29.3 Å². The molecule has 2 fully saturated rings. The molecule has 0 aliphatic carbocycles. The van der Waals surface area contributed by atoms with E-state index in [0.29, 0.717) is 36.2 Å². The topological polar surface area (TPSA) is 75.7 Å². The molecule has 3 rings (SSSR count). The van der Waals surface area contributed by atoms with Crippen LogP contribution >= 0.6 is 11.6 Å². The number of amides is 3. The molecule has 2 aliphatic heterocycles. The van der Waals surface area contributed by atoms with Gasteiger partial charge in [-0.3, -0.25) is 19.7 Å². The third-order valence-electron chi connectivity index (χ3n) is 6.02. The fourth-order valence-corrected chi connectivity index (χ4v) is 4.30. The van der Waals surface area contributed by atoms with Crippen LogP contribution in [0.15, 0.2) is 12.1 Å². The molecule has 7 heteroatoms. The van der Waals surface area contributed by atoms with Crippen LogP contribution < -0.4 is 10.1 Å². The molecule has 2 saturated heterocycles. The van der Waals surface area contributed by atoms with Crippen LogP contribution in [0, 0.1) is 12.3 Å². The molecule has 0 spiro atoms. The van der Waals surface area contributed by atoms with Crippen LogP contribution in [0.25, 0.3) is 0 Å². The number of carbonyl (C=O) groups excluding carboxylic acids is 3. The highest BCUT2D eigenvalue weighted by Crippen LogP contribution is 2.36. The minimum atomic E-state index is -0.761. The van der Waals surface area contributed by atoms with Crippen molar-refractivity contribution in [2.45, 2.75) is 51.9 Å². The zero-order valence-corrected chi connectivity index (χ0v) is 17.4. The van der Waals surface area contributed by atoms with Gasteiger partial charge in [0.2, 0.25) is 17.7 Å². The molecule has 1 atom stereocenters. The van der Waals surface area contributed by atoms with Crippen LogP contribution in [0.3, 0.4) is 0 Å². The van der Waals surface area contributed by atoms with Crippen molar-refractivity contribution in [1.29, 1.82) is 0 Å². The van der Waals surface area contributed by atoms with Crippen molar-refractivity contribution in [3.8, 4) is 5.75 Å². The molecule has 3 amide bonds. The van der Waals surface area contributed by atoms with Gasteiger partial charge in [-0.05, 0) is 49.3 Å². The van der Waals surface area contributed by atoms with E-state index in [0.717, 1.165) is 18.4 Å². The maximum Gasteiger partial charge on any atom is 0.233 e. The van der Waals surface area contributed by atoms with Gasteiger partial charge in [0.15, 0.2) is 0 Å². The number of likely N-dealkylation sites (tertiary alicyclic amines) is 1. The molecule has 28 heavy (non-hydrogen) atoms. The molecule has 1 aromatic rings. The van der Waals surface area contributed by atoms with Crippen LogP contribution in [0.2, 0.25) is 5.02 Å². The lowest BCUT2D eigenvalue weighted by atomic mass is 9.83. The van der Waals surface area contributed by atoms with Gasteiger partial charge in [-0.1, -0.05) is 24.6 Å². The van der Waals surface area contributed by atoms with E-state index >= 15 is 0 Å². The zero-order valence-electron chi connectivity index (χ0n) is 16.6. The lowest BCUT2D eigenvalue weighted by molar-refractivity contribution is -0.133. The minimum absolute atomic E-state index is 0.0525. The van der Waals surface area contributed by atoms with E-state index in [-0.39, 0.29) is 30.6 Å². The van der Waals surface area contributed by atoms with Gasteiger partial charge >= 0.3 is 0 Å². The highest BCUT2D eigenvalue weighted by molar-refractivity contribution is 6.32. The number of nitrogens with one attached hydrogen (secondary N) is 1. The molecule has 6 nitrogen and oxygen atoms in total. The highest BCUT2D eigenvalue weighted by Gasteiger charge is 2.42. The highest BCUT2D eigenvalue weighted by atomic mass is 35.5. The quantitative estimate of drug-likeness (QED) is 0.762. The summed E-state index contributed by atoms with van der Waals surface area (Å²) in [7, 11) is 1.62. The molecule has 2 heterocycles. The minimum Gasteiger partial charge on any atom is -0.495 e. The Kier molecular flexibility index (Phi) is 5.98. The molecule has 152 valence electrons. The first kappa shape index (κ1) is 20.6. The molecular formula is C21H27ClN2O4. The number of imide groups is 1. The Labute approximate surface area is 170 Å². The molecule has 1 aromatic carbocycles. The van der Waals surface area contributed by atoms with E-state index in [4.69, 9.17) is 16.3 Å². The van der Waals surface area contributed by atoms with E-state index in [1.807, 2.05) is 17.9 Å². The number of nitrogens with zero attached hydrogens (tertiary/aromatic N) is 1. The van der Waals surface area contributed by atoms with Gasteiger partial charge in [-0.15, -0.1) is 0 Å². The summed E-state index contributed by atoms with van der Waals surface area (Å²) in [5, 5.41) is 2.97. The van der Waals surface area contributed by atoms with Gasteiger partial charge < -0.3 is 9.64 Å². The molecule has 0 bridgehead atoms. The summed E-state index contributed by atoms with van der Waals surface area (Å²) in [5.41, 5.74) is 1.43. The van der Waals surface area contributed by atoms with Crippen LogP contribution in [0.4, 0.5) is 0 Å². The predicted molar refractivity (Wildman–Crippen MR) is 106 cm³/mol. The van der Waals surface area contributed by atoms with Gasteiger partial charge in [0, 0.05) is 25.9 Å². The lowest BCUT2D eigenvalue weighted by Crippen LogP contribution is -2.39. The number of aryl methyl sites for hydroxylation is 1. The summed E-state index contributed by atoms with van der Waals surface area (Å²) < 4.78 is 5.37. The summed E-state index contributed by atoms with van der Waals surface area (Å²) >= 11 is 6.26. The van der Waals surface area contributed by atoms with Crippen molar-refractivity contribution in [1.82, 2.24) is 10.2 Å².